The summed E-state index contributed by atoms with van der Waals surface area (Å²) in [4.78, 5) is 12.2. The molecule has 2 aromatic carbocycles. The standard InChI is InChI=1S/C18H17FN2O/c1-18(17(20)22,12-13-6-3-2-4-7-13)21-11-10-14-15(19)8-5-9-16(14)21/h2-11H,12H2,1H3,(H2,20,22). The van der Waals surface area contributed by atoms with Gasteiger partial charge in [0, 0.05) is 18.0 Å². The van der Waals surface area contributed by atoms with Gasteiger partial charge in [0.1, 0.15) is 11.4 Å². The Hall–Kier alpha value is -2.62. The lowest BCUT2D eigenvalue weighted by molar-refractivity contribution is -0.125. The van der Waals surface area contributed by atoms with Crippen molar-refractivity contribution < 1.29 is 9.18 Å². The number of hydrogen-bond acceptors (Lipinski definition) is 1. The molecule has 4 heteroatoms. The minimum Gasteiger partial charge on any atom is -0.368 e. The van der Waals surface area contributed by atoms with Crippen molar-refractivity contribution in [3.8, 4) is 0 Å². The van der Waals surface area contributed by atoms with Gasteiger partial charge in [-0.1, -0.05) is 36.4 Å². The molecule has 3 rings (SSSR count). The number of benzene rings is 2. The van der Waals surface area contributed by atoms with Gasteiger partial charge in [-0.05, 0) is 30.7 Å². The highest BCUT2D eigenvalue weighted by molar-refractivity contribution is 5.88. The number of hydrogen-bond donors (Lipinski definition) is 1. The summed E-state index contributed by atoms with van der Waals surface area (Å²) < 4.78 is 15.7. The molecule has 0 saturated carbocycles. The van der Waals surface area contributed by atoms with Crippen molar-refractivity contribution in [1.82, 2.24) is 4.57 Å². The van der Waals surface area contributed by atoms with E-state index in [9.17, 15) is 9.18 Å². The number of rotatable bonds is 4. The molecule has 0 aliphatic rings. The van der Waals surface area contributed by atoms with Crippen LogP contribution in [-0.4, -0.2) is 10.5 Å². The molecule has 0 saturated heterocycles. The van der Waals surface area contributed by atoms with E-state index in [0.717, 1.165) is 5.56 Å². The predicted molar refractivity (Wildman–Crippen MR) is 84.9 cm³/mol. The number of nitrogens with zero attached hydrogens (tertiary/aromatic N) is 1. The molecular formula is C18H17FN2O. The Morgan fingerprint density at radius 2 is 1.86 bits per heavy atom. The number of aromatic nitrogens is 1. The van der Waals surface area contributed by atoms with Crippen molar-refractivity contribution in [2.45, 2.75) is 18.9 Å². The third-order valence-electron chi connectivity index (χ3n) is 4.13. The van der Waals surface area contributed by atoms with Crippen LogP contribution in [0.4, 0.5) is 4.39 Å². The number of amides is 1. The predicted octanol–water partition coefficient (Wildman–Crippen LogP) is 3.22. The van der Waals surface area contributed by atoms with Crippen LogP contribution in [0.25, 0.3) is 10.9 Å². The second kappa shape index (κ2) is 5.30. The van der Waals surface area contributed by atoms with E-state index in [0.29, 0.717) is 17.3 Å². The van der Waals surface area contributed by atoms with E-state index >= 15 is 0 Å². The summed E-state index contributed by atoms with van der Waals surface area (Å²) in [7, 11) is 0. The van der Waals surface area contributed by atoms with Crippen LogP contribution in [-0.2, 0) is 16.8 Å². The van der Waals surface area contributed by atoms with E-state index in [2.05, 4.69) is 0 Å². The number of primary amides is 1. The van der Waals surface area contributed by atoms with Gasteiger partial charge in [0.05, 0.1) is 5.52 Å². The molecule has 3 nitrogen and oxygen atoms in total. The molecule has 0 aliphatic heterocycles. The monoisotopic (exact) mass is 296 g/mol. The molecule has 1 atom stereocenters. The topological polar surface area (TPSA) is 48.0 Å². The molecular weight excluding hydrogens is 279 g/mol. The fraction of sp³-hybridized carbons (Fsp3) is 0.167. The molecule has 1 aromatic heterocycles. The number of fused-ring (bicyclic) bond motifs is 1. The molecule has 2 N–H and O–H groups in total. The Bertz CT molecular complexity index is 825. The Labute approximate surface area is 128 Å². The van der Waals surface area contributed by atoms with E-state index in [1.807, 2.05) is 30.3 Å². The summed E-state index contributed by atoms with van der Waals surface area (Å²) in [5.74, 6) is -0.749. The van der Waals surface area contributed by atoms with Gasteiger partial charge < -0.3 is 10.3 Å². The van der Waals surface area contributed by atoms with Gasteiger partial charge in [0.25, 0.3) is 0 Å². The van der Waals surface area contributed by atoms with Crippen molar-refractivity contribution in [2.24, 2.45) is 5.73 Å². The van der Waals surface area contributed by atoms with Crippen LogP contribution in [0.1, 0.15) is 12.5 Å². The maximum absolute atomic E-state index is 13.9. The van der Waals surface area contributed by atoms with Crippen molar-refractivity contribution >= 4 is 16.8 Å². The third kappa shape index (κ3) is 2.26. The molecule has 0 fully saturated rings. The lowest BCUT2D eigenvalue weighted by atomic mass is 9.91. The molecule has 1 amide bonds. The summed E-state index contributed by atoms with van der Waals surface area (Å²) in [5.41, 5.74) is 6.39. The SMILES string of the molecule is CC(Cc1ccccc1)(C(N)=O)n1ccc2c(F)cccc21. The zero-order valence-corrected chi connectivity index (χ0v) is 12.3. The molecule has 0 aliphatic carbocycles. The van der Waals surface area contributed by atoms with Crippen LogP contribution in [0, 0.1) is 5.82 Å². The number of carbonyl (C=O) groups is 1. The van der Waals surface area contributed by atoms with E-state index in [4.69, 9.17) is 5.73 Å². The first-order chi connectivity index (χ1) is 10.5. The van der Waals surface area contributed by atoms with E-state index < -0.39 is 11.4 Å². The first-order valence-electron chi connectivity index (χ1n) is 7.12. The minimum atomic E-state index is -0.961. The maximum atomic E-state index is 13.9. The van der Waals surface area contributed by atoms with Crippen molar-refractivity contribution in [3.63, 3.8) is 0 Å². The van der Waals surface area contributed by atoms with Crippen LogP contribution in [0.2, 0.25) is 0 Å². The van der Waals surface area contributed by atoms with E-state index in [-0.39, 0.29) is 5.82 Å². The van der Waals surface area contributed by atoms with Gasteiger partial charge in [0.15, 0.2) is 0 Å². The van der Waals surface area contributed by atoms with Crippen molar-refractivity contribution in [3.05, 3.63) is 72.2 Å². The second-order valence-electron chi connectivity index (χ2n) is 5.66. The minimum absolute atomic E-state index is 0.303. The average molecular weight is 296 g/mol. The smallest absolute Gasteiger partial charge is 0.243 e. The van der Waals surface area contributed by atoms with Gasteiger partial charge in [0.2, 0.25) is 5.91 Å². The first kappa shape index (κ1) is 14.3. The van der Waals surface area contributed by atoms with Gasteiger partial charge in [-0.25, -0.2) is 4.39 Å². The Balaban J connectivity index is 2.14. The first-order valence-corrected chi connectivity index (χ1v) is 7.12. The highest BCUT2D eigenvalue weighted by atomic mass is 19.1. The highest BCUT2D eigenvalue weighted by Crippen LogP contribution is 2.29. The zero-order chi connectivity index (χ0) is 15.7. The lowest BCUT2D eigenvalue weighted by Crippen LogP contribution is -2.45. The fourth-order valence-electron chi connectivity index (χ4n) is 2.84. The van der Waals surface area contributed by atoms with E-state index in [1.54, 1.807) is 35.9 Å². The van der Waals surface area contributed by atoms with Crippen LogP contribution in [0.3, 0.4) is 0 Å². The maximum Gasteiger partial charge on any atom is 0.243 e. The molecule has 112 valence electrons. The molecule has 0 radical (unpaired) electrons. The summed E-state index contributed by atoms with van der Waals surface area (Å²) >= 11 is 0. The van der Waals surface area contributed by atoms with Crippen molar-refractivity contribution in [2.75, 3.05) is 0 Å². The Morgan fingerprint density at radius 1 is 1.14 bits per heavy atom. The van der Waals surface area contributed by atoms with E-state index in [1.165, 1.54) is 6.07 Å². The summed E-state index contributed by atoms with van der Waals surface area (Å²) in [6, 6.07) is 16.2. The zero-order valence-electron chi connectivity index (χ0n) is 12.3. The molecule has 3 aromatic rings. The average Bonchev–Trinajstić information content (AvgIpc) is 2.94. The molecule has 0 spiro atoms. The Kier molecular flexibility index (Phi) is 3.45. The number of nitrogens with two attached hydrogens (primary N) is 1. The van der Waals surface area contributed by atoms with Crippen LogP contribution < -0.4 is 5.73 Å². The van der Waals surface area contributed by atoms with Crippen LogP contribution in [0.15, 0.2) is 60.8 Å². The second-order valence-corrected chi connectivity index (χ2v) is 5.66. The molecule has 0 bridgehead atoms. The number of halogens is 1. The van der Waals surface area contributed by atoms with Crippen LogP contribution in [0.5, 0.6) is 0 Å². The Morgan fingerprint density at radius 3 is 2.55 bits per heavy atom. The van der Waals surface area contributed by atoms with Crippen LogP contribution >= 0.6 is 0 Å². The normalized spacial score (nSPS) is 13.9. The van der Waals surface area contributed by atoms with Gasteiger partial charge >= 0.3 is 0 Å². The number of carbonyl (C=O) groups excluding carboxylic acids is 1. The molecule has 22 heavy (non-hydrogen) atoms. The molecule has 1 heterocycles. The van der Waals surface area contributed by atoms with Crippen molar-refractivity contribution in [1.29, 1.82) is 0 Å². The lowest BCUT2D eigenvalue weighted by Gasteiger charge is -2.29. The summed E-state index contributed by atoms with van der Waals surface area (Å²) in [6.07, 6.45) is 2.17. The van der Waals surface area contributed by atoms with Gasteiger partial charge in [-0.2, -0.15) is 0 Å². The summed E-state index contributed by atoms with van der Waals surface area (Å²) in [6.45, 7) is 1.78. The quantitative estimate of drug-likeness (QED) is 0.789. The van der Waals surface area contributed by atoms with Gasteiger partial charge in [-0.15, -0.1) is 0 Å². The van der Waals surface area contributed by atoms with Gasteiger partial charge in [-0.3, -0.25) is 4.79 Å². The third-order valence-corrected chi connectivity index (χ3v) is 4.13. The highest BCUT2D eigenvalue weighted by Gasteiger charge is 2.34. The fourth-order valence-corrected chi connectivity index (χ4v) is 2.84. The largest absolute Gasteiger partial charge is 0.368 e. The summed E-state index contributed by atoms with van der Waals surface area (Å²) in [5, 5.41) is 0.489. The molecule has 1 unspecified atom stereocenters.